The Labute approximate surface area is 146 Å². The van der Waals surface area contributed by atoms with E-state index in [9.17, 15) is 10.2 Å². The number of aliphatic hydroxyl groups excluding tert-OH is 2. The van der Waals surface area contributed by atoms with Crippen LogP contribution in [0.15, 0.2) is 0 Å². The monoisotopic (exact) mass is 348 g/mol. The first-order valence-electron chi connectivity index (χ1n) is 9.32. The van der Waals surface area contributed by atoms with Gasteiger partial charge in [0, 0.05) is 12.9 Å². The molecule has 0 saturated carbocycles. The summed E-state index contributed by atoms with van der Waals surface area (Å²) in [6.07, 6.45) is 10.7. The predicted molar refractivity (Wildman–Crippen MR) is 96.9 cm³/mol. The van der Waals surface area contributed by atoms with E-state index in [0.717, 1.165) is 11.5 Å². The van der Waals surface area contributed by atoms with Crippen molar-refractivity contribution in [1.29, 1.82) is 0 Å². The van der Waals surface area contributed by atoms with Crippen molar-refractivity contribution in [3.05, 3.63) is 0 Å². The lowest BCUT2D eigenvalue weighted by molar-refractivity contribution is -0.145. The Hall–Kier alpha value is 0.190. The van der Waals surface area contributed by atoms with Gasteiger partial charge in [-0.05, 0) is 12.2 Å². The molecule has 23 heavy (non-hydrogen) atoms. The Bertz CT molecular complexity index is 278. The predicted octanol–water partition coefficient (Wildman–Crippen LogP) is 3.73. The fourth-order valence-corrected chi connectivity index (χ4v) is 4.02. The van der Waals surface area contributed by atoms with Crippen LogP contribution in [0.3, 0.4) is 0 Å². The first kappa shape index (κ1) is 21.2. The third-order valence-electron chi connectivity index (χ3n) is 4.48. The van der Waals surface area contributed by atoms with Crippen molar-refractivity contribution in [3.63, 3.8) is 0 Å². The molecule has 1 unspecified atom stereocenters. The van der Waals surface area contributed by atoms with E-state index < -0.39 is 18.5 Å². The van der Waals surface area contributed by atoms with E-state index >= 15 is 0 Å². The summed E-state index contributed by atoms with van der Waals surface area (Å²) in [5.41, 5.74) is 0. The standard InChI is InChI=1S/C18H36O4S/c1-3-4-5-6-7-8-9-10-11-12-13-23-14-15-16(19)17(20)18(21-2)22-15/h15-20H,3-14H2,1-2H3/t15-,16+,17-,18?/m1/s1. The van der Waals surface area contributed by atoms with Crippen LogP contribution in [0.5, 0.6) is 0 Å². The number of ether oxygens (including phenoxy) is 2. The van der Waals surface area contributed by atoms with Gasteiger partial charge in [-0.1, -0.05) is 64.7 Å². The maximum atomic E-state index is 9.87. The second-order valence-electron chi connectivity index (χ2n) is 6.52. The lowest BCUT2D eigenvalue weighted by Crippen LogP contribution is -2.33. The van der Waals surface area contributed by atoms with Gasteiger partial charge in [0.1, 0.15) is 12.2 Å². The number of thioether (sulfide) groups is 1. The van der Waals surface area contributed by atoms with E-state index in [2.05, 4.69) is 6.92 Å². The highest BCUT2D eigenvalue weighted by Crippen LogP contribution is 2.25. The fourth-order valence-electron chi connectivity index (χ4n) is 2.94. The summed E-state index contributed by atoms with van der Waals surface area (Å²) in [6.45, 7) is 2.26. The zero-order valence-electron chi connectivity index (χ0n) is 14.9. The normalized spacial score (nSPS) is 27.7. The van der Waals surface area contributed by atoms with Gasteiger partial charge in [-0.15, -0.1) is 0 Å². The van der Waals surface area contributed by atoms with E-state index in [0.29, 0.717) is 0 Å². The molecule has 0 aromatic heterocycles. The fraction of sp³-hybridized carbons (Fsp3) is 1.00. The molecule has 0 aromatic rings. The Kier molecular flexibility index (Phi) is 12.4. The summed E-state index contributed by atoms with van der Waals surface area (Å²) in [6, 6.07) is 0. The highest BCUT2D eigenvalue weighted by atomic mass is 32.2. The zero-order chi connectivity index (χ0) is 16.9. The van der Waals surface area contributed by atoms with E-state index in [1.54, 1.807) is 11.8 Å². The van der Waals surface area contributed by atoms with Crippen molar-refractivity contribution in [2.24, 2.45) is 0 Å². The Morgan fingerprint density at radius 3 is 1.96 bits per heavy atom. The summed E-state index contributed by atoms with van der Waals surface area (Å²) < 4.78 is 10.5. The molecule has 2 N–H and O–H groups in total. The summed E-state index contributed by atoms with van der Waals surface area (Å²) in [7, 11) is 1.49. The van der Waals surface area contributed by atoms with Gasteiger partial charge in [0.15, 0.2) is 6.29 Å². The van der Waals surface area contributed by atoms with Crippen molar-refractivity contribution in [3.8, 4) is 0 Å². The summed E-state index contributed by atoms with van der Waals surface area (Å²) in [5, 5.41) is 19.6. The molecule has 0 radical (unpaired) electrons. The van der Waals surface area contributed by atoms with Crippen LogP contribution in [0.2, 0.25) is 0 Å². The molecule has 1 rings (SSSR count). The topological polar surface area (TPSA) is 58.9 Å². The van der Waals surface area contributed by atoms with Crippen LogP contribution in [0.4, 0.5) is 0 Å². The lowest BCUT2D eigenvalue weighted by Gasteiger charge is -2.13. The Balaban J connectivity index is 1.87. The molecule has 1 aliphatic rings. The maximum absolute atomic E-state index is 9.87. The number of unbranched alkanes of at least 4 members (excludes halogenated alkanes) is 9. The molecule has 1 saturated heterocycles. The van der Waals surface area contributed by atoms with Crippen LogP contribution < -0.4 is 0 Å². The lowest BCUT2D eigenvalue weighted by atomic mass is 10.1. The van der Waals surface area contributed by atoms with Crippen LogP contribution in [0, 0.1) is 0 Å². The third-order valence-corrected chi connectivity index (χ3v) is 5.62. The minimum atomic E-state index is -0.928. The van der Waals surface area contributed by atoms with Crippen LogP contribution in [-0.2, 0) is 9.47 Å². The second kappa shape index (κ2) is 13.5. The molecule has 0 bridgehead atoms. The summed E-state index contributed by atoms with van der Waals surface area (Å²) >= 11 is 1.79. The van der Waals surface area contributed by atoms with Gasteiger partial charge in [-0.25, -0.2) is 0 Å². The van der Waals surface area contributed by atoms with Gasteiger partial charge in [-0.3, -0.25) is 0 Å². The Morgan fingerprint density at radius 1 is 0.870 bits per heavy atom. The van der Waals surface area contributed by atoms with Crippen LogP contribution in [0.25, 0.3) is 0 Å². The van der Waals surface area contributed by atoms with E-state index in [4.69, 9.17) is 9.47 Å². The number of methoxy groups -OCH3 is 1. The molecule has 0 amide bonds. The van der Waals surface area contributed by atoms with Gasteiger partial charge in [0.2, 0.25) is 0 Å². The second-order valence-corrected chi connectivity index (χ2v) is 7.67. The van der Waals surface area contributed by atoms with Crippen LogP contribution in [0.1, 0.15) is 71.1 Å². The molecule has 0 spiro atoms. The highest BCUT2D eigenvalue weighted by molar-refractivity contribution is 7.99. The molecule has 1 heterocycles. The molecular formula is C18H36O4S. The van der Waals surface area contributed by atoms with Crippen molar-refractivity contribution in [2.75, 3.05) is 18.6 Å². The molecule has 0 aromatic carbocycles. The number of aliphatic hydroxyl groups is 2. The molecule has 1 fully saturated rings. The van der Waals surface area contributed by atoms with Gasteiger partial charge >= 0.3 is 0 Å². The minimum Gasteiger partial charge on any atom is -0.387 e. The number of hydrogen-bond donors (Lipinski definition) is 2. The van der Waals surface area contributed by atoms with E-state index in [1.807, 2.05) is 0 Å². The molecule has 4 nitrogen and oxygen atoms in total. The van der Waals surface area contributed by atoms with Crippen molar-refractivity contribution < 1.29 is 19.7 Å². The minimum absolute atomic E-state index is 0.317. The van der Waals surface area contributed by atoms with Crippen LogP contribution >= 0.6 is 11.8 Å². The SMILES string of the molecule is CCCCCCCCCCCCSC[C@H]1OC(OC)[C@H](O)[C@H]1O. The first-order valence-corrected chi connectivity index (χ1v) is 10.5. The molecule has 4 atom stereocenters. The molecule has 138 valence electrons. The third kappa shape index (κ3) is 8.73. The zero-order valence-corrected chi connectivity index (χ0v) is 15.7. The van der Waals surface area contributed by atoms with Crippen molar-refractivity contribution in [2.45, 2.75) is 95.7 Å². The quantitative estimate of drug-likeness (QED) is 0.468. The largest absolute Gasteiger partial charge is 0.387 e. The van der Waals surface area contributed by atoms with Gasteiger partial charge in [0.05, 0.1) is 6.10 Å². The smallest absolute Gasteiger partial charge is 0.186 e. The van der Waals surface area contributed by atoms with Gasteiger partial charge in [-0.2, -0.15) is 11.8 Å². The van der Waals surface area contributed by atoms with Crippen molar-refractivity contribution >= 4 is 11.8 Å². The van der Waals surface area contributed by atoms with E-state index in [1.165, 1.54) is 71.3 Å². The van der Waals surface area contributed by atoms with Crippen LogP contribution in [-0.4, -0.2) is 53.4 Å². The average Bonchev–Trinajstić information content (AvgIpc) is 2.83. The molecule has 1 aliphatic heterocycles. The summed E-state index contributed by atoms with van der Waals surface area (Å²) in [5.74, 6) is 1.81. The number of hydrogen-bond acceptors (Lipinski definition) is 5. The molecule has 0 aliphatic carbocycles. The molecule has 5 heteroatoms. The van der Waals surface area contributed by atoms with Gasteiger partial charge < -0.3 is 19.7 Å². The Morgan fingerprint density at radius 2 is 1.43 bits per heavy atom. The first-order chi connectivity index (χ1) is 11.2. The average molecular weight is 349 g/mol. The number of rotatable bonds is 14. The maximum Gasteiger partial charge on any atom is 0.186 e. The highest BCUT2D eigenvalue weighted by Gasteiger charge is 2.42. The van der Waals surface area contributed by atoms with E-state index in [-0.39, 0.29) is 6.10 Å². The van der Waals surface area contributed by atoms with Gasteiger partial charge in [0.25, 0.3) is 0 Å². The molecular weight excluding hydrogens is 312 g/mol. The van der Waals surface area contributed by atoms with Crippen molar-refractivity contribution in [1.82, 2.24) is 0 Å². The summed E-state index contributed by atoms with van der Waals surface area (Å²) in [4.78, 5) is 0.